The van der Waals surface area contributed by atoms with Gasteiger partial charge in [-0.1, -0.05) is 13.0 Å². The van der Waals surface area contributed by atoms with Crippen molar-refractivity contribution >= 4 is 39.7 Å². The maximum atomic E-state index is 12.8. The molecule has 1 aliphatic heterocycles. The van der Waals surface area contributed by atoms with E-state index in [0.717, 1.165) is 5.57 Å². The van der Waals surface area contributed by atoms with Crippen LogP contribution in [-0.4, -0.2) is 40.0 Å². The lowest BCUT2D eigenvalue weighted by atomic mass is 9.73. The molecular formula is C19H26N4O5S2. The van der Waals surface area contributed by atoms with Gasteiger partial charge in [0.25, 0.3) is 10.0 Å². The number of methoxy groups -OCH3 is 1. The van der Waals surface area contributed by atoms with E-state index in [2.05, 4.69) is 20.7 Å². The van der Waals surface area contributed by atoms with Crippen LogP contribution in [0.25, 0.3) is 0 Å². The minimum absolute atomic E-state index is 0.0710. The van der Waals surface area contributed by atoms with E-state index < -0.39 is 21.5 Å². The van der Waals surface area contributed by atoms with Crippen molar-refractivity contribution in [1.29, 1.82) is 0 Å². The summed E-state index contributed by atoms with van der Waals surface area (Å²) in [4.78, 5) is 23.7. The van der Waals surface area contributed by atoms with Gasteiger partial charge < -0.3 is 20.7 Å². The van der Waals surface area contributed by atoms with E-state index >= 15 is 0 Å². The van der Waals surface area contributed by atoms with Gasteiger partial charge in [-0.15, -0.1) is 0 Å². The van der Waals surface area contributed by atoms with Crippen LogP contribution in [0.4, 0.5) is 0 Å². The molecule has 30 heavy (non-hydrogen) atoms. The van der Waals surface area contributed by atoms with Crippen LogP contribution >= 0.6 is 12.2 Å². The molecule has 0 radical (unpaired) electrons. The second-order valence-corrected chi connectivity index (χ2v) is 8.93. The molecule has 1 heterocycles. The summed E-state index contributed by atoms with van der Waals surface area (Å²) in [7, 11) is -1.19. The quantitative estimate of drug-likeness (QED) is 0.325. The number of carbonyl (C=O) groups excluding carboxylic acids is 2. The SMILES string of the molecule is CCC1(CC(NC=O)c2ccc(OC)c(S(=O)(=O)NC(=S)NC)c2)C(=O)NC=C1C. The first-order valence-corrected chi connectivity index (χ1v) is 11.1. The molecule has 9 nitrogen and oxygen atoms in total. The van der Waals surface area contributed by atoms with Crippen molar-refractivity contribution in [2.24, 2.45) is 5.41 Å². The highest BCUT2D eigenvalue weighted by molar-refractivity contribution is 7.92. The summed E-state index contributed by atoms with van der Waals surface area (Å²) in [6.45, 7) is 3.75. The monoisotopic (exact) mass is 454 g/mol. The first kappa shape index (κ1) is 23.6. The smallest absolute Gasteiger partial charge is 0.267 e. The average Bonchev–Trinajstić information content (AvgIpc) is 3.01. The van der Waals surface area contributed by atoms with Crippen LogP contribution in [0.15, 0.2) is 34.9 Å². The Morgan fingerprint density at radius 2 is 2.10 bits per heavy atom. The maximum Gasteiger partial charge on any atom is 0.267 e. The zero-order chi connectivity index (χ0) is 22.5. The summed E-state index contributed by atoms with van der Waals surface area (Å²) < 4.78 is 33.1. The summed E-state index contributed by atoms with van der Waals surface area (Å²) in [6.07, 6.45) is 2.99. The van der Waals surface area contributed by atoms with Crippen molar-refractivity contribution in [3.63, 3.8) is 0 Å². The van der Waals surface area contributed by atoms with Crippen LogP contribution in [0.5, 0.6) is 5.75 Å². The van der Waals surface area contributed by atoms with Crippen LogP contribution in [0.2, 0.25) is 0 Å². The van der Waals surface area contributed by atoms with Crippen LogP contribution in [0.3, 0.4) is 0 Å². The van der Waals surface area contributed by atoms with E-state index in [4.69, 9.17) is 17.0 Å². The first-order chi connectivity index (χ1) is 14.1. The number of thiocarbonyl (C=S) groups is 1. The maximum absolute atomic E-state index is 12.8. The fraction of sp³-hybridized carbons (Fsp3) is 0.421. The van der Waals surface area contributed by atoms with Crippen molar-refractivity contribution in [2.45, 2.75) is 37.6 Å². The molecule has 0 aliphatic carbocycles. The van der Waals surface area contributed by atoms with Gasteiger partial charge in [0.2, 0.25) is 12.3 Å². The number of hydrogen-bond donors (Lipinski definition) is 4. The van der Waals surface area contributed by atoms with Crippen molar-refractivity contribution < 1.29 is 22.7 Å². The van der Waals surface area contributed by atoms with Gasteiger partial charge in [-0.2, -0.15) is 0 Å². The van der Waals surface area contributed by atoms with Gasteiger partial charge >= 0.3 is 0 Å². The molecule has 4 N–H and O–H groups in total. The number of amides is 2. The van der Waals surface area contributed by atoms with E-state index in [1.54, 1.807) is 12.3 Å². The normalized spacial score (nSPS) is 19.3. The molecule has 1 aromatic carbocycles. The van der Waals surface area contributed by atoms with E-state index in [1.165, 1.54) is 26.3 Å². The summed E-state index contributed by atoms with van der Waals surface area (Å²) in [5.41, 5.74) is 0.569. The third-order valence-electron chi connectivity index (χ3n) is 5.37. The zero-order valence-electron chi connectivity index (χ0n) is 17.2. The molecule has 0 fully saturated rings. The van der Waals surface area contributed by atoms with Crippen molar-refractivity contribution in [3.8, 4) is 5.75 Å². The van der Waals surface area contributed by atoms with Crippen LogP contribution < -0.4 is 25.4 Å². The van der Waals surface area contributed by atoms with Gasteiger partial charge in [0.1, 0.15) is 10.6 Å². The first-order valence-electron chi connectivity index (χ1n) is 9.25. The molecule has 2 atom stereocenters. The number of ether oxygens (including phenoxy) is 1. The molecule has 0 bridgehead atoms. The van der Waals surface area contributed by atoms with Crippen LogP contribution in [0, 0.1) is 5.41 Å². The molecule has 0 aromatic heterocycles. The lowest BCUT2D eigenvalue weighted by molar-refractivity contribution is -0.128. The number of hydrogen-bond acceptors (Lipinski definition) is 6. The molecule has 11 heteroatoms. The summed E-state index contributed by atoms with van der Waals surface area (Å²) in [6, 6.07) is 3.97. The second kappa shape index (κ2) is 9.43. The number of nitrogens with one attached hydrogen (secondary N) is 4. The average molecular weight is 455 g/mol. The van der Waals surface area contributed by atoms with E-state index in [0.29, 0.717) is 18.4 Å². The van der Waals surface area contributed by atoms with Gasteiger partial charge in [-0.3, -0.25) is 14.3 Å². The number of sulfonamides is 1. The summed E-state index contributed by atoms with van der Waals surface area (Å²) >= 11 is 4.91. The third-order valence-corrected chi connectivity index (χ3v) is 7.17. The second-order valence-electron chi connectivity index (χ2n) is 6.87. The molecule has 164 valence electrons. The zero-order valence-corrected chi connectivity index (χ0v) is 18.9. The topological polar surface area (TPSA) is 126 Å². The minimum Gasteiger partial charge on any atom is -0.495 e. The summed E-state index contributed by atoms with van der Waals surface area (Å²) in [5, 5.41) is 7.92. The minimum atomic E-state index is -4.04. The van der Waals surface area contributed by atoms with E-state index in [1.807, 2.05) is 13.8 Å². The van der Waals surface area contributed by atoms with Gasteiger partial charge in [0, 0.05) is 13.2 Å². The van der Waals surface area contributed by atoms with Crippen molar-refractivity contribution in [1.82, 2.24) is 20.7 Å². The molecule has 0 saturated carbocycles. The molecule has 2 rings (SSSR count). The Labute approximate surface area is 181 Å². The fourth-order valence-corrected chi connectivity index (χ4v) is 5.01. The highest BCUT2D eigenvalue weighted by Gasteiger charge is 2.43. The Morgan fingerprint density at radius 3 is 2.60 bits per heavy atom. The Bertz CT molecular complexity index is 977. The lowest BCUT2D eigenvalue weighted by Crippen LogP contribution is -2.38. The van der Waals surface area contributed by atoms with Gasteiger partial charge in [0.15, 0.2) is 5.11 Å². The van der Waals surface area contributed by atoms with Gasteiger partial charge in [-0.05, 0) is 55.3 Å². The van der Waals surface area contributed by atoms with Crippen molar-refractivity contribution in [2.75, 3.05) is 14.2 Å². The fourth-order valence-electron chi connectivity index (χ4n) is 3.52. The largest absolute Gasteiger partial charge is 0.495 e. The van der Waals surface area contributed by atoms with Crippen LogP contribution in [0.1, 0.15) is 38.3 Å². The Balaban J connectivity index is 2.51. The molecule has 2 unspecified atom stereocenters. The number of carbonyl (C=O) groups is 2. The van der Waals surface area contributed by atoms with Gasteiger partial charge in [-0.25, -0.2) is 8.42 Å². The highest BCUT2D eigenvalue weighted by Crippen LogP contribution is 2.43. The molecule has 0 spiro atoms. The highest BCUT2D eigenvalue weighted by atomic mass is 32.2. The Morgan fingerprint density at radius 1 is 1.40 bits per heavy atom. The van der Waals surface area contributed by atoms with Crippen molar-refractivity contribution in [3.05, 3.63) is 35.5 Å². The molecule has 2 amide bonds. The molecule has 1 aromatic rings. The predicted molar refractivity (Wildman–Crippen MR) is 116 cm³/mol. The predicted octanol–water partition coefficient (Wildman–Crippen LogP) is 1.09. The van der Waals surface area contributed by atoms with E-state index in [9.17, 15) is 18.0 Å². The van der Waals surface area contributed by atoms with Gasteiger partial charge in [0.05, 0.1) is 18.6 Å². The van der Waals surface area contributed by atoms with Crippen LogP contribution in [-0.2, 0) is 19.6 Å². The molecule has 1 aliphatic rings. The molecular weight excluding hydrogens is 428 g/mol. The Kier molecular flexibility index (Phi) is 7.43. The molecule has 0 saturated heterocycles. The Hall–Kier alpha value is -2.66. The lowest BCUT2D eigenvalue weighted by Gasteiger charge is -2.31. The number of benzene rings is 1. The summed E-state index contributed by atoms with van der Waals surface area (Å²) in [5.74, 6) is -0.0301. The number of rotatable bonds is 9. The van der Waals surface area contributed by atoms with E-state index in [-0.39, 0.29) is 28.1 Å². The standard InChI is InChI=1S/C19H26N4O5S2/c1-5-19(12(2)10-21-17(19)25)9-14(22-11-24)13-6-7-15(28-4)16(8-13)30(26,27)23-18(29)20-3/h6-8,10-11,14H,5,9H2,1-4H3,(H,21,25)(H,22,24)(H2,20,23,29). The third kappa shape index (κ3) is 4.57.